The van der Waals surface area contributed by atoms with Crippen molar-refractivity contribution in [2.75, 3.05) is 0 Å². The van der Waals surface area contributed by atoms with E-state index in [1.165, 1.54) is 48.4 Å². The molecular weight excluding hydrogens is 244 g/mol. The number of rotatable bonds is 4. The Morgan fingerprint density at radius 2 is 2.10 bits per heavy atom. The third kappa shape index (κ3) is 3.01. The molecule has 2 nitrogen and oxygen atoms in total. The van der Waals surface area contributed by atoms with Gasteiger partial charge in [0.1, 0.15) is 0 Å². The van der Waals surface area contributed by atoms with Gasteiger partial charge in [-0.1, -0.05) is 50.5 Å². The van der Waals surface area contributed by atoms with E-state index in [4.69, 9.17) is 0 Å². The standard InChI is InChI=1S/C18H24N2/c1-2-14-6-5-8-17(10-14)20-13-16-12-19-11-15-7-3-4-9-18(15)16/h3-4,7,9,11-12,14,17,20H,2,5-6,8,10,13H2,1H3. The molecule has 0 spiro atoms. The third-order valence-electron chi connectivity index (χ3n) is 4.69. The molecule has 3 rings (SSSR count). The van der Waals surface area contributed by atoms with Crippen LogP contribution in [0.1, 0.15) is 44.6 Å². The molecule has 0 amide bonds. The van der Waals surface area contributed by atoms with Crippen molar-refractivity contribution in [3.63, 3.8) is 0 Å². The van der Waals surface area contributed by atoms with Gasteiger partial charge in [-0.25, -0.2) is 0 Å². The maximum absolute atomic E-state index is 4.37. The topological polar surface area (TPSA) is 24.9 Å². The zero-order valence-corrected chi connectivity index (χ0v) is 12.3. The molecule has 0 bridgehead atoms. The van der Waals surface area contributed by atoms with Gasteiger partial charge < -0.3 is 5.32 Å². The molecule has 20 heavy (non-hydrogen) atoms. The van der Waals surface area contributed by atoms with Crippen molar-refractivity contribution in [2.24, 2.45) is 5.92 Å². The van der Waals surface area contributed by atoms with E-state index in [2.05, 4.69) is 41.5 Å². The number of aromatic nitrogens is 1. The fraction of sp³-hybridized carbons (Fsp3) is 0.500. The van der Waals surface area contributed by atoms with Gasteiger partial charge in [0.2, 0.25) is 0 Å². The predicted molar refractivity (Wildman–Crippen MR) is 84.6 cm³/mol. The van der Waals surface area contributed by atoms with Crippen LogP contribution in [-0.2, 0) is 6.54 Å². The maximum Gasteiger partial charge on any atom is 0.0346 e. The van der Waals surface area contributed by atoms with E-state index in [1.807, 2.05) is 12.4 Å². The quantitative estimate of drug-likeness (QED) is 0.894. The van der Waals surface area contributed by atoms with Gasteiger partial charge in [-0.3, -0.25) is 4.98 Å². The first kappa shape index (κ1) is 13.6. The summed E-state index contributed by atoms with van der Waals surface area (Å²) in [5, 5.41) is 6.32. The van der Waals surface area contributed by atoms with Crippen molar-refractivity contribution in [3.05, 3.63) is 42.2 Å². The normalized spacial score (nSPS) is 23.1. The second kappa shape index (κ2) is 6.36. The Balaban J connectivity index is 1.68. The van der Waals surface area contributed by atoms with Crippen LogP contribution in [0.4, 0.5) is 0 Å². The minimum absolute atomic E-state index is 0.688. The van der Waals surface area contributed by atoms with E-state index in [1.54, 1.807) is 0 Å². The van der Waals surface area contributed by atoms with Crippen molar-refractivity contribution < 1.29 is 0 Å². The second-order valence-corrected chi connectivity index (χ2v) is 6.04. The largest absolute Gasteiger partial charge is 0.310 e. The van der Waals surface area contributed by atoms with E-state index >= 15 is 0 Å². The zero-order valence-electron chi connectivity index (χ0n) is 12.3. The summed E-state index contributed by atoms with van der Waals surface area (Å²) in [5.41, 5.74) is 1.32. The number of hydrogen-bond acceptors (Lipinski definition) is 2. The van der Waals surface area contributed by atoms with Gasteiger partial charge in [0.15, 0.2) is 0 Å². The molecule has 1 fully saturated rings. The molecule has 1 N–H and O–H groups in total. The Kier molecular flexibility index (Phi) is 4.31. The van der Waals surface area contributed by atoms with Crippen molar-refractivity contribution in [3.8, 4) is 0 Å². The lowest BCUT2D eigenvalue weighted by Gasteiger charge is -2.29. The lowest BCUT2D eigenvalue weighted by Crippen LogP contribution is -2.33. The number of nitrogens with one attached hydrogen (secondary N) is 1. The van der Waals surface area contributed by atoms with E-state index in [9.17, 15) is 0 Å². The number of pyridine rings is 1. The van der Waals surface area contributed by atoms with Crippen LogP contribution < -0.4 is 5.32 Å². The highest BCUT2D eigenvalue weighted by Crippen LogP contribution is 2.27. The van der Waals surface area contributed by atoms with Crippen molar-refractivity contribution in [1.82, 2.24) is 10.3 Å². The fourth-order valence-electron chi connectivity index (χ4n) is 3.42. The SMILES string of the molecule is CCC1CCCC(NCc2cncc3ccccc23)C1. The second-order valence-electron chi connectivity index (χ2n) is 6.04. The molecule has 1 aromatic carbocycles. The molecule has 106 valence electrons. The summed E-state index contributed by atoms with van der Waals surface area (Å²) in [6, 6.07) is 9.21. The van der Waals surface area contributed by atoms with Crippen LogP contribution in [0.5, 0.6) is 0 Å². The minimum Gasteiger partial charge on any atom is -0.310 e. The third-order valence-corrected chi connectivity index (χ3v) is 4.69. The number of fused-ring (bicyclic) bond motifs is 1. The van der Waals surface area contributed by atoms with Crippen molar-refractivity contribution in [2.45, 2.75) is 51.6 Å². The van der Waals surface area contributed by atoms with E-state index < -0.39 is 0 Å². The highest BCUT2D eigenvalue weighted by molar-refractivity contribution is 5.84. The molecule has 1 aromatic heterocycles. The smallest absolute Gasteiger partial charge is 0.0346 e. The average Bonchev–Trinajstić information content (AvgIpc) is 2.53. The molecule has 2 atom stereocenters. The van der Waals surface area contributed by atoms with Crippen LogP contribution >= 0.6 is 0 Å². The molecule has 2 unspecified atom stereocenters. The lowest BCUT2D eigenvalue weighted by atomic mass is 9.84. The predicted octanol–water partition coefficient (Wildman–Crippen LogP) is 4.29. The summed E-state index contributed by atoms with van der Waals surface area (Å²) in [6.07, 6.45) is 10.8. The summed E-state index contributed by atoms with van der Waals surface area (Å²) >= 11 is 0. The van der Waals surface area contributed by atoms with Crippen LogP contribution in [0.3, 0.4) is 0 Å². The van der Waals surface area contributed by atoms with E-state index in [0.29, 0.717) is 6.04 Å². The Bertz CT molecular complexity index is 559. The van der Waals surface area contributed by atoms with Gasteiger partial charge in [0, 0.05) is 30.4 Å². The first-order valence-corrected chi connectivity index (χ1v) is 7.92. The molecule has 0 saturated heterocycles. The molecule has 2 aromatic rings. The minimum atomic E-state index is 0.688. The molecule has 1 saturated carbocycles. The lowest BCUT2D eigenvalue weighted by molar-refractivity contribution is 0.278. The Morgan fingerprint density at radius 1 is 1.20 bits per heavy atom. The fourth-order valence-corrected chi connectivity index (χ4v) is 3.42. The Hall–Kier alpha value is -1.41. The Labute approximate surface area is 121 Å². The van der Waals surface area contributed by atoms with Gasteiger partial charge in [0.05, 0.1) is 0 Å². The number of benzene rings is 1. The van der Waals surface area contributed by atoms with Gasteiger partial charge in [-0.2, -0.15) is 0 Å². The molecular formula is C18H24N2. The highest BCUT2D eigenvalue weighted by Gasteiger charge is 2.20. The maximum atomic E-state index is 4.37. The summed E-state index contributed by atoms with van der Waals surface area (Å²) in [6.45, 7) is 3.26. The molecule has 2 heteroatoms. The van der Waals surface area contributed by atoms with Crippen molar-refractivity contribution in [1.29, 1.82) is 0 Å². The van der Waals surface area contributed by atoms with E-state index in [-0.39, 0.29) is 0 Å². The number of nitrogens with zero attached hydrogens (tertiary/aromatic N) is 1. The van der Waals surface area contributed by atoms with Gasteiger partial charge in [-0.15, -0.1) is 0 Å². The average molecular weight is 268 g/mol. The number of hydrogen-bond donors (Lipinski definition) is 1. The molecule has 1 aliphatic rings. The molecule has 1 heterocycles. The molecule has 0 radical (unpaired) electrons. The van der Waals surface area contributed by atoms with Crippen LogP contribution in [0, 0.1) is 5.92 Å². The summed E-state index contributed by atoms with van der Waals surface area (Å²) in [7, 11) is 0. The summed E-state index contributed by atoms with van der Waals surface area (Å²) in [4.78, 5) is 4.37. The first-order chi connectivity index (χ1) is 9.86. The first-order valence-electron chi connectivity index (χ1n) is 7.92. The zero-order chi connectivity index (χ0) is 13.8. The van der Waals surface area contributed by atoms with Gasteiger partial charge >= 0.3 is 0 Å². The summed E-state index contributed by atoms with van der Waals surface area (Å²) < 4.78 is 0. The highest BCUT2D eigenvalue weighted by atomic mass is 14.9. The van der Waals surface area contributed by atoms with Crippen LogP contribution in [0.25, 0.3) is 10.8 Å². The van der Waals surface area contributed by atoms with Crippen LogP contribution in [0.2, 0.25) is 0 Å². The van der Waals surface area contributed by atoms with Crippen molar-refractivity contribution >= 4 is 10.8 Å². The van der Waals surface area contributed by atoms with E-state index in [0.717, 1.165) is 12.5 Å². The monoisotopic (exact) mass is 268 g/mol. The molecule has 1 aliphatic carbocycles. The van der Waals surface area contributed by atoms with Crippen LogP contribution in [-0.4, -0.2) is 11.0 Å². The van der Waals surface area contributed by atoms with Gasteiger partial charge in [-0.05, 0) is 29.7 Å². The summed E-state index contributed by atoms with van der Waals surface area (Å²) in [5.74, 6) is 0.923. The molecule has 0 aliphatic heterocycles. The van der Waals surface area contributed by atoms with Crippen LogP contribution in [0.15, 0.2) is 36.7 Å². The Morgan fingerprint density at radius 3 is 3.00 bits per heavy atom. The van der Waals surface area contributed by atoms with Gasteiger partial charge in [0.25, 0.3) is 0 Å².